The Labute approximate surface area is 117 Å². The van der Waals surface area contributed by atoms with Gasteiger partial charge in [0.15, 0.2) is 0 Å². The number of carbonyl (C=O) groups is 4. The van der Waals surface area contributed by atoms with Crippen molar-refractivity contribution in [2.75, 3.05) is 6.54 Å². The summed E-state index contributed by atoms with van der Waals surface area (Å²) < 4.78 is 0. The summed E-state index contributed by atoms with van der Waals surface area (Å²) >= 11 is 0. The smallest absolute Gasteiger partial charge is 0.312 e. The molecule has 0 saturated carbocycles. The highest BCUT2D eigenvalue weighted by Crippen LogP contribution is 2.14. The van der Waals surface area contributed by atoms with Gasteiger partial charge in [0.25, 0.3) is 0 Å². The van der Waals surface area contributed by atoms with Gasteiger partial charge in [-0.2, -0.15) is 0 Å². The Kier molecular flexibility index (Phi) is 5.06. The molecule has 1 heterocycles. The van der Waals surface area contributed by atoms with E-state index in [9.17, 15) is 19.2 Å². The molecule has 1 saturated heterocycles. The number of primary amides is 1. The number of nitrogens with zero attached hydrogens (tertiary/aromatic N) is 1. The third-order valence-corrected chi connectivity index (χ3v) is 3.16. The van der Waals surface area contributed by atoms with Gasteiger partial charge in [0, 0.05) is 0 Å². The topological polar surface area (TPSA) is 122 Å². The number of imide groups is 1. The summed E-state index contributed by atoms with van der Waals surface area (Å²) in [6.45, 7) is 5.02. The highest BCUT2D eigenvalue weighted by molar-refractivity contribution is 6.05. The van der Waals surface area contributed by atoms with E-state index in [0.29, 0.717) is 6.42 Å². The van der Waals surface area contributed by atoms with Crippen molar-refractivity contribution in [3.8, 4) is 0 Å². The van der Waals surface area contributed by atoms with E-state index in [1.807, 2.05) is 0 Å². The molecule has 5 amide bonds. The molecule has 4 N–H and O–H groups in total. The van der Waals surface area contributed by atoms with Crippen LogP contribution >= 0.6 is 0 Å². The molecule has 8 nitrogen and oxygen atoms in total. The van der Waals surface area contributed by atoms with Crippen LogP contribution in [0, 0.1) is 5.92 Å². The van der Waals surface area contributed by atoms with E-state index in [2.05, 4.69) is 10.6 Å². The Morgan fingerprint density at radius 1 is 1.45 bits per heavy atom. The Balaban J connectivity index is 2.98. The zero-order chi connectivity index (χ0) is 15.4. The van der Waals surface area contributed by atoms with Crippen LogP contribution in [0.2, 0.25) is 0 Å². The minimum absolute atomic E-state index is 0.202. The monoisotopic (exact) mass is 284 g/mol. The van der Waals surface area contributed by atoms with Crippen molar-refractivity contribution in [1.29, 1.82) is 0 Å². The van der Waals surface area contributed by atoms with Crippen molar-refractivity contribution in [3.05, 3.63) is 0 Å². The van der Waals surface area contributed by atoms with Crippen molar-refractivity contribution < 1.29 is 19.2 Å². The predicted molar refractivity (Wildman–Crippen MR) is 70.3 cm³/mol. The first kappa shape index (κ1) is 15.9. The Hall–Kier alpha value is -2.12. The van der Waals surface area contributed by atoms with Crippen molar-refractivity contribution in [3.63, 3.8) is 0 Å². The minimum Gasteiger partial charge on any atom is -0.352 e. The molecule has 0 spiro atoms. The molecule has 8 heteroatoms. The minimum atomic E-state index is -0.861. The molecule has 1 aliphatic rings. The van der Waals surface area contributed by atoms with Crippen molar-refractivity contribution in [1.82, 2.24) is 15.5 Å². The van der Waals surface area contributed by atoms with Crippen molar-refractivity contribution in [2.45, 2.75) is 39.3 Å². The van der Waals surface area contributed by atoms with Crippen LogP contribution in [0.1, 0.15) is 27.2 Å². The van der Waals surface area contributed by atoms with Crippen molar-refractivity contribution in [2.24, 2.45) is 11.7 Å². The van der Waals surface area contributed by atoms with Crippen LogP contribution in [-0.2, 0) is 14.4 Å². The molecule has 0 aliphatic carbocycles. The van der Waals surface area contributed by atoms with Crippen LogP contribution in [0.25, 0.3) is 0 Å². The van der Waals surface area contributed by atoms with Gasteiger partial charge in [0.05, 0.1) is 0 Å². The standard InChI is InChI=1S/C12H20N4O4/c1-4-7-10(18)14-8(17)5-16(7)11(19)9(6(2)3)15-12(13)20/h6-7,9H,4-5H2,1-3H3,(H3,13,15,20)(H,14,17,18). The fourth-order valence-corrected chi connectivity index (χ4v) is 2.15. The van der Waals surface area contributed by atoms with Crippen LogP contribution in [-0.4, -0.2) is 47.3 Å². The van der Waals surface area contributed by atoms with Gasteiger partial charge in [-0.1, -0.05) is 20.8 Å². The first-order chi connectivity index (χ1) is 9.27. The molecule has 0 aromatic carbocycles. The molecule has 1 fully saturated rings. The zero-order valence-corrected chi connectivity index (χ0v) is 11.8. The average molecular weight is 284 g/mol. The van der Waals surface area contributed by atoms with Crippen LogP contribution in [0.15, 0.2) is 0 Å². The van der Waals surface area contributed by atoms with Crippen LogP contribution < -0.4 is 16.4 Å². The molecular formula is C12H20N4O4. The summed E-state index contributed by atoms with van der Waals surface area (Å²) in [6, 6.07) is -2.39. The predicted octanol–water partition coefficient (Wildman–Crippen LogP) is -1.06. The Bertz CT molecular complexity index is 435. The third kappa shape index (κ3) is 3.46. The molecule has 0 aromatic heterocycles. The Morgan fingerprint density at radius 2 is 2.05 bits per heavy atom. The number of hydrogen-bond acceptors (Lipinski definition) is 4. The van der Waals surface area contributed by atoms with Gasteiger partial charge in [-0.05, 0) is 12.3 Å². The van der Waals surface area contributed by atoms with Gasteiger partial charge < -0.3 is 16.0 Å². The molecular weight excluding hydrogens is 264 g/mol. The second kappa shape index (κ2) is 6.36. The van der Waals surface area contributed by atoms with Gasteiger partial charge in [0.1, 0.15) is 18.6 Å². The van der Waals surface area contributed by atoms with Crippen LogP contribution in [0.4, 0.5) is 4.79 Å². The van der Waals surface area contributed by atoms with Crippen LogP contribution in [0.5, 0.6) is 0 Å². The number of urea groups is 1. The fourth-order valence-electron chi connectivity index (χ4n) is 2.15. The maximum atomic E-state index is 12.5. The van der Waals surface area contributed by atoms with E-state index in [-0.39, 0.29) is 12.5 Å². The number of nitrogens with two attached hydrogens (primary N) is 1. The zero-order valence-electron chi connectivity index (χ0n) is 11.8. The third-order valence-electron chi connectivity index (χ3n) is 3.16. The number of piperazine rings is 1. The average Bonchev–Trinajstić information content (AvgIpc) is 2.33. The normalized spacial score (nSPS) is 20.6. The summed E-state index contributed by atoms with van der Waals surface area (Å²) in [5.41, 5.74) is 5.05. The van der Waals surface area contributed by atoms with Crippen molar-refractivity contribution >= 4 is 23.8 Å². The van der Waals surface area contributed by atoms with E-state index in [0.717, 1.165) is 0 Å². The number of hydrogen-bond donors (Lipinski definition) is 3. The SMILES string of the molecule is CCC1C(=O)NC(=O)CN1C(=O)C(NC(N)=O)C(C)C. The number of carbonyl (C=O) groups excluding carboxylic acids is 4. The molecule has 20 heavy (non-hydrogen) atoms. The number of nitrogens with one attached hydrogen (secondary N) is 2. The molecule has 0 aromatic rings. The summed E-state index contributed by atoms with van der Waals surface area (Å²) in [5, 5.41) is 4.55. The lowest BCUT2D eigenvalue weighted by Gasteiger charge is -2.36. The molecule has 0 radical (unpaired) electrons. The summed E-state index contributed by atoms with van der Waals surface area (Å²) in [7, 11) is 0. The van der Waals surface area contributed by atoms with Gasteiger partial charge in [0.2, 0.25) is 17.7 Å². The second-order valence-electron chi connectivity index (χ2n) is 5.03. The number of rotatable bonds is 4. The van der Waals surface area contributed by atoms with E-state index < -0.39 is 35.8 Å². The largest absolute Gasteiger partial charge is 0.352 e. The summed E-state index contributed by atoms with van der Waals surface area (Å²) in [6.07, 6.45) is 0.381. The van der Waals surface area contributed by atoms with E-state index in [1.54, 1.807) is 20.8 Å². The molecule has 2 atom stereocenters. The quantitative estimate of drug-likeness (QED) is 0.570. The van der Waals surface area contributed by atoms with Crippen LogP contribution in [0.3, 0.4) is 0 Å². The molecule has 1 aliphatic heterocycles. The first-order valence-electron chi connectivity index (χ1n) is 6.48. The Morgan fingerprint density at radius 3 is 2.50 bits per heavy atom. The lowest BCUT2D eigenvalue weighted by Crippen LogP contribution is -2.63. The fraction of sp³-hybridized carbons (Fsp3) is 0.667. The molecule has 2 unspecified atom stereocenters. The highest BCUT2D eigenvalue weighted by Gasteiger charge is 2.39. The second-order valence-corrected chi connectivity index (χ2v) is 5.03. The van der Waals surface area contributed by atoms with Gasteiger partial charge in [-0.25, -0.2) is 4.79 Å². The van der Waals surface area contributed by atoms with E-state index >= 15 is 0 Å². The maximum absolute atomic E-state index is 12.5. The van der Waals surface area contributed by atoms with Gasteiger partial charge in [-0.3, -0.25) is 19.7 Å². The first-order valence-corrected chi connectivity index (χ1v) is 6.48. The lowest BCUT2D eigenvalue weighted by molar-refractivity contribution is -0.151. The maximum Gasteiger partial charge on any atom is 0.312 e. The summed E-state index contributed by atoms with van der Waals surface area (Å²) in [5.74, 6) is -1.73. The highest BCUT2D eigenvalue weighted by atomic mass is 16.2. The summed E-state index contributed by atoms with van der Waals surface area (Å²) in [4.78, 5) is 47.8. The van der Waals surface area contributed by atoms with Gasteiger partial charge >= 0.3 is 6.03 Å². The van der Waals surface area contributed by atoms with E-state index in [1.165, 1.54) is 4.90 Å². The van der Waals surface area contributed by atoms with Gasteiger partial charge in [-0.15, -0.1) is 0 Å². The molecule has 1 rings (SSSR count). The van der Waals surface area contributed by atoms with E-state index in [4.69, 9.17) is 5.73 Å². The lowest BCUT2D eigenvalue weighted by atomic mass is 10.0. The molecule has 0 bridgehead atoms. The molecule has 112 valence electrons. The number of amides is 5.